The molecule has 0 aromatic heterocycles. The molecule has 1 unspecified atom stereocenters. The van der Waals surface area contributed by atoms with Crippen molar-refractivity contribution in [3.63, 3.8) is 0 Å². The summed E-state index contributed by atoms with van der Waals surface area (Å²) in [6.45, 7) is 4.33. The number of carbonyl (C=O) groups excluding carboxylic acids is 1. The van der Waals surface area contributed by atoms with E-state index in [1.807, 2.05) is 44.2 Å². The standard InChI is InChI=1S/C16H21NO2/c1-3-14(4-2)15(18)12-17-16(19)11-10-13-8-6-5-7-9-13/h5-9,14-15,18H,3-4,12H2,1-2H3,(H,17,19). The number of hydrogen-bond acceptors (Lipinski definition) is 2. The van der Waals surface area contributed by atoms with Crippen molar-refractivity contribution in [2.45, 2.75) is 32.8 Å². The zero-order valence-electron chi connectivity index (χ0n) is 11.5. The minimum atomic E-state index is -0.502. The van der Waals surface area contributed by atoms with E-state index in [2.05, 4.69) is 17.2 Å². The molecule has 0 heterocycles. The summed E-state index contributed by atoms with van der Waals surface area (Å²) in [5, 5.41) is 12.5. The van der Waals surface area contributed by atoms with Crippen LogP contribution in [0.4, 0.5) is 0 Å². The van der Waals surface area contributed by atoms with Crippen LogP contribution in [-0.4, -0.2) is 23.7 Å². The lowest BCUT2D eigenvalue weighted by Gasteiger charge is -2.19. The molecule has 0 saturated carbocycles. The van der Waals surface area contributed by atoms with E-state index in [-0.39, 0.29) is 18.4 Å². The van der Waals surface area contributed by atoms with Gasteiger partial charge in [-0.15, -0.1) is 0 Å². The monoisotopic (exact) mass is 259 g/mol. The van der Waals surface area contributed by atoms with Gasteiger partial charge in [0.1, 0.15) is 0 Å². The maximum Gasteiger partial charge on any atom is 0.296 e. The SMILES string of the molecule is CCC(CC)C(O)CNC(=O)C#Cc1ccccc1. The molecule has 3 nitrogen and oxygen atoms in total. The van der Waals surface area contributed by atoms with E-state index in [0.29, 0.717) is 0 Å². The molecule has 0 aliphatic carbocycles. The van der Waals surface area contributed by atoms with Crippen molar-refractivity contribution in [1.29, 1.82) is 0 Å². The average Bonchev–Trinajstić information content (AvgIpc) is 2.45. The van der Waals surface area contributed by atoms with Gasteiger partial charge < -0.3 is 10.4 Å². The summed E-state index contributed by atoms with van der Waals surface area (Å²) in [6.07, 6.45) is 1.31. The molecule has 19 heavy (non-hydrogen) atoms. The van der Waals surface area contributed by atoms with Crippen LogP contribution in [0.2, 0.25) is 0 Å². The average molecular weight is 259 g/mol. The fourth-order valence-electron chi connectivity index (χ4n) is 1.89. The van der Waals surface area contributed by atoms with Crippen LogP contribution < -0.4 is 5.32 Å². The highest BCUT2D eigenvalue weighted by Crippen LogP contribution is 2.11. The lowest BCUT2D eigenvalue weighted by molar-refractivity contribution is -0.116. The summed E-state index contributed by atoms with van der Waals surface area (Å²) in [5.74, 6) is 5.17. The first-order valence-corrected chi connectivity index (χ1v) is 6.70. The van der Waals surface area contributed by atoms with Crippen molar-refractivity contribution in [2.75, 3.05) is 6.54 Å². The molecular weight excluding hydrogens is 238 g/mol. The highest BCUT2D eigenvalue weighted by Gasteiger charge is 2.15. The van der Waals surface area contributed by atoms with Crippen LogP contribution in [0.25, 0.3) is 0 Å². The third-order valence-corrected chi connectivity index (χ3v) is 3.16. The Labute approximate surface area is 115 Å². The predicted octanol–water partition coefficient (Wildman–Crippen LogP) is 1.95. The van der Waals surface area contributed by atoms with Gasteiger partial charge in [0.05, 0.1) is 6.10 Å². The summed E-state index contributed by atoms with van der Waals surface area (Å²) >= 11 is 0. The fraction of sp³-hybridized carbons (Fsp3) is 0.438. The maximum atomic E-state index is 11.5. The van der Waals surface area contributed by atoms with Crippen molar-refractivity contribution in [3.8, 4) is 11.8 Å². The van der Waals surface area contributed by atoms with Crippen molar-refractivity contribution >= 4 is 5.91 Å². The van der Waals surface area contributed by atoms with E-state index in [1.165, 1.54) is 0 Å². The van der Waals surface area contributed by atoms with E-state index in [9.17, 15) is 9.90 Å². The number of hydrogen-bond donors (Lipinski definition) is 2. The Morgan fingerprint density at radius 3 is 2.47 bits per heavy atom. The number of aliphatic hydroxyl groups is 1. The molecular formula is C16H21NO2. The molecule has 0 aliphatic heterocycles. The molecule has 2 N–H and O–H groups in total. The van der Waals surface area contributed by atoms with Crippen LogP contribution in [0.15, 0.2) is 30.3 Å². The smallest absolute Gasteiger partial charge is 0.296 e. The summed E-state index contributed by atoms with van der Waals surface area (Å²) in [5.41, 5.74) is 0.804. The topological polar surface area (TPSA) is 49.3 Å². The molecule has 0 aliphatic rings. The quantitative estimate of drug-likeness (QED) is 0.794. The van der Waals surface area contributed by atoms with Crippen molar-refractivity contribution in [2.24, 2.45) is 5.92 Å². The number of nitrogens with one attached hydrogen (secondary N) is 1. The van der Waals surface area contributed by atoms with Gasteiger partial charge in [0, 0.05) is 18.0 Å². The summed E-state index contributed by atoms with van der Waals surface area (Å²) in [4.78, 5) is 11.5. The summed E-state index contributed by atoms with van der Waals surface area (Å²) in [7, 11) is 0. The Balaban J connectivity index is 2.42. The van der Waals surface area contributed by atoms with Crippen molar-refractivity contribution < 1.29 is 9.90 Å². The fourth-order valence-corrected chi connectivity index (χ4v) is 1.89. The van der Waals surface area contributed by atoms with Gasteiger partial charge in [0.2, 0.25) is 0 Å². The molecule has 0 fully saturated rings. The summed E-state index contributed by atoms with van der Waals surface area (Å²) < 4.78 is 0. The highest BCUT2D eigenvalue weighted by molar-refractivity contribution is 5.94. The number of amides is 1. The first-order valence-electron chi connectivity index (χ1n) is 6.70. The second-order valence-electron chi connectivity index (χ2n) is 4.47. The zero-order valence-corrected chi connectivity index (χ0v) is 11.5. The van der Waals surface area contributed by atoms with Gasteiger partial charge in [-0.1, -0.05) is 50.8 Å². The Morgan fingerprint density at radius 1 is 1.26 bits per heavy atom. The highest BCUT2D eigenvalue weighted by atomic mass is 16.3. The van der Waals surface area contributed by atoms with E-state index >= 15 is 0 Å². The molecule has 0 bridgehead atoms. The molecule has 0 saturated heterocycles. The zero-order chi connectivity index (χ0) is 14.1. The molecule has 1 amide bonds. The Hall–Kier alpha value is -1.79. The Morgan fingerprint density at radius 2 is 1.89 bits per heavy atom. The van der Waals surface area contributed by atoms with Gasteiger partial charge in [-0.2, -0.15) is 0 Å². The van der Waals surface area contributed by atoms with Gasteiger partial charge in [0.25, 0.3) is 5.91 Å². The van der Waals surface area contributed by atoms with E-state index in [4.69, 9.17) is 0 Å². The normalized spacial score (nSPS) is 11.6. The van der Waals surface area contributed by atoms with Crippen molar-refractivity contribution in [3.05, 3.63) is 35.9 Å². The Kier molecular flexibility index (Phi) is 6.70. The number of benzene rings is 1. The maximum absolute atomic E-state index is 11.5. The molecule has 0 radical (unpaired) electrons. The third kappa shape index (κ3) is 5.58. The second-order valence-corrected chi connectivity index (χ2v) is 4.47. The number of carbonyl (C=O) groups is 1. The van der Waals surface area contributed by atoms with E-state index in [1.54, 1.807) is 0 Å². The Bertz CT molecular complexity index is 441. The molecule has 3 heteroatoms. The number of aliphatic hydroxyl groups excluding tert-OH is 1. The van der Waals surface area contributed by atoms with Crippen LogP contribution in [0, 0.1) is 17.8 Å². The lowest BCUT2D eigenvalue weighted by atomic mass is 9.96. The minimum absolute atomic E-state index is 0.224. The van der Waals surface area contributed by atoms with Crippen molar-refractivity contribution in [1.82, 2.24) is 5.32 Å². The largest absolute Gasteiger partial charge is 0.391 e. The molecule has 102 valence electrons. The van der Waals surface area contributed by atoms with Gasteiger partial charge in [-0.3, -0.25) is 4.79 Å². The minimum Gasteiger partial charge on any atom is -0.391 e. The van der Waals surface area contributed by atoms with E-state index < -0.39 is 6.10 Å². The van der Waals surface area contributed by atoms with Crippen LogP contribution in [0.1, 0.15) is 32.3 Å². The third-order valence-electron chi connectivity index (χ3n) is 3.16. The predicted molar refractivity (Wildman–Crippen MR) is 76.4 cm³/mol. The molecule has 1 atom stereocenters. The molecule has 1 aromatic rings. The molecule has 0 spiro atoms. The second kappa shape index (κ2) is 8.34. The van der Waals surface area contributed by atoms with Crippen LogP contribution >= 0.6 is 0 Å². The van der Waals surface area contributed by atoms with Gasteiger partial charge in [-0.05, 0) is 18.1 Å². The first-order chi connectivity index (χ1) is 9.17. The number of rotatable bonds is 5. The molecule has 1 rings (SSSR count). The van der Waals surface area contributed by atoms with Gasteiger partial charge in [0.15, 0.2) is 0 Å². The first kappa shape index (κ1) is 15.3. The molecule has 1 aromatic carbocycles. The van der Waals surface area contributed by atoms with Crippen LogP contribution in [0.3, 0.4) is 0 Å². The lowest BCUT2D eigenvalue weighted by Crippen LogP contribution is -2.35. The van der Waals surface area contributed by atoms with Crippen LogP contribution in [-0.2, 0) is 4.79 Å². The summed E-state index contributed by atoms with van der Waals surface area (Å²) in [6, 6.07) is 9.34. The van der Waals surface area contributed by atoms with Gasteiger partial charge in [-0.25, -0.2) is 0 Å². The van der Waals surface area contributed by atoms with Gasteiger partial charge >= 0.3 is 0 Å². The van der Waals surface area contributed by atoms with Crippen LogP contribution in [0.5, 0.6) is 0 Å². The van der Waals surface area contributed by atoms with E-state index in [0.717, 1.165) is 18.4 Å².